The lowest BCUT2D eigenvalue weighted by atomic mass is 10.0. The Morgan fingerprint density at radius 3 is 2.30 bits per heavy atom. The maximum Gasteiger partial charge on any atom is 0.298 e. The molecule has 0 N–H and O–H groups in total. The largest absolute Gasteiger partial charge is 0.427 e. The van der Waals surface area contributed by atoms with E-state index in [1.165, 1.54) is 37.7 Å². The Labute approximate surface area is 143 Å². The van der Waals surface area contributed by atoms with Crippen LogP contribution in [0, 0.1) is 0 Å². The van der Waals surface area contributed by atoms with Gasteiger partial charge < -0.3 is 4.74 Å². The summed E-state index contributed by atoms with van der Waals surface area (Å²) in [5.41, 5.74) is 3.50. The minimum absolute atomic E-state index is 0.383. The maximum absolute atomic E-state index is 10.4. The first kappa shape index (κ1) is 17.6. The van der Waals surface area contributed by atoms with E-state index in [0.717, 1.165) is 17.5 Å². The molecule has 0 aliphatic carbocycles. The summed E-state index contributed by atoms with van der Waals surface area (Å²) in [6, 6.07) is 14.0. The van der Waals surface area contributed by atoms with Crippen LogP contribution in [0.25, 0.3) is 11.1 Å². The second kappa shape index (κ2) is 9.36. The molecule has 0 aliphatic rings. The van der Waals surface area contributed by atoms with E-state index < -0.39 is 0 Å². The molecule has 0 aliphatic heterocycles. The molecule has 2 rings (SSSR count). The summed E-state index contributed by atoms with van der Waals surface area (Å²) in [6.07, 6.45) is 7.66. The van der Waals surface area contributed by atoms with Crippen molar-refractivity contribution in [3.8, 4) is 16.9 Å². The van der Waals surface area contributed by atoms with Gasteiger partial charge in [-0.2, -0.15) is 0 Å². The average Bonchev–Trinajstić information content (AvgIpc) is 2.57. The number of benzene rings is 2. The van der Waals surface area contributed by atoms with Crippen LogP contribution in [0.1, 0.15) is 44.6 Å². The first-order valence-electron chi connectivity index (χ1n) is 8.23. The highest BCUT2D eigenvalue weighted by Crippen LogP contribution is 2.30. The van der Waals surface area contributed by atoms with Crippen molar-refractivity contribution in [1.82, 2.24) is 0 Å². The van der Waals surface area contributed by atoms with Gasteiger partial charge in [-0.3, -0.25) is 4.79 Å². The molecule has 3 heteroatoms. The lowest BCUT2D eigenvalue weighted by Crippen LogP contribution is -1.90. The SMILES string of the molecule is CCCCCCCc1ccc(-c2ccc(OC=O)c(Cl)c2)cc1. The van der Waals surface area contributed by atoms with Crippen LogP contribution in [0.3, 0.4) is 0 Å². The zero-order chi connectivity index (χ0) is 16.5. The van der Waals surface area contributed by atoms with Crippen LogP contribution in [-0.4, -0.2) is 6.47 Å². The Balaban J connectivity index is 1.96. The summed E-state index contributed by atoms with van der Waals surface area (Å²) in [5.74, 6) is 0.383. The monoisotopic (exact) mass is 330 g/mol. The highest BCUT2D eigenvalue weighted by Gasteiger charge is 2.05. The molecule has 2 aromatic carbocycles. The molecule has 0 aromatic heterocycles. The zero-order valence-electron chi connectivity index (χ0n) is 13.6. The molecular weight excluding hydrogens is 308 g/mol. The topological polar surface area (TPSA) is 26.3 Å². The number of unbranched alkanes of at least 4 members (excludes halogenated alkanes) is 4. The number of halogens is 1. The van der Waals surface area contributed by atoms with Crippen molar-refractivity contribution < 1.29 is 9.53 Å². The summed E-state index contributed by atoms with van der Waals surface area (Å²) in [5, 5.41) is 0.439. The zero-order valence-corrected chi connectivity index (χ0v) is 14.3. The van der Waals surface area contributed by atoms with Crippen molar-refractivity contribution in [2.75, 3.05) is 0 Å². The number of carbonyl (C=O) groups excluding carboxylic acids is 1. The van der Waals surface area contributed by atoms with Gasteiger partial charge >= 0.3 is 0 Å². The quantitative estimate of drug-likeness (QED) is 0.413. The number of rotatable bonds is 9. The lowest BCUT2D eigenvalue weighted by molar-refractivity contribution is -0.120. The van der Waals surface area contributed by atoms with Crippen LogP contribution in [-0.2, 0) is 11.2 Å². The van der Waals surface area contributed by atoms with Crippen LogP contribution in [0.15, 0.2) is 42.5 Å². The molecule has 2 nitrogen and oxygen atoms in total. The van der Waals surface area contributed by atoms with E-state index in [0.29, 0.717) is 17.2 Å². The molecule has 23 heavy (non-hydrogen) atoms. The number of carbonyl (C=O) groups is 1. The molecule has 0 saturated carbocycles. The third-order valence-electron chi connectivity index (χ3n) is 3.96. The molecule has 2 aromatic rings. The predicted octanol–water partition coefficient (Wildman–Crippen LogP) is 6.06. The van der Waals surface area contributed by atoms with E-state index in [2.05, 4.69) is 31.2 Å². The summed E-state index contributed by atoms with van der Waals surface area (Å²) in [4.78, 5) is 10.4. The summed E-state index contributed by atoms with van der Waals surface area (Å²) in [6.45, 7) is 2.62. The fourth-order valence-electron chi connectivity index (χ4n) is 2.62. The maximum atomic E-state index is 10.4. The standard InChI is InChI=1S/C20H23ClO2/c1-2-3-4-5-6-7-16-8-10-17(11-9-16)18-12-13-20(23-15-22)19(21)14-18/h8-15H,2-7H2,1H3. The van der Waals surface area contributed by atoms with Crippen LogP contribution in [0.4, 0.5) is 0 Å². The van der Waals surface area contributed by atoms with Gasteiger partial charge in [0, 0.05) is 0 Å². The van der Waals surface area contributed by atoms with E-state index >= 15 is 0 Å². The van der Waals surface area contributed by atoms with Gasteiger partial charge in [0.25, 0.3) is 6.47 Å². The molecule has 0 spiro atoms. The van der Waals surface area contributed by atoms with Gasteiger partial charge in [-0.1, -0.05) is 74.5 Å². The Bertz CT molecular complexity index is 620. The molecule has 0 radical (unpaired) electrons. The molecule has 0 fully saturated rings. The van der Waals surface area contributed by atoms with Gasteiger partial charge in [0.2, 0.25) is 0 Å². The van der Waals surface area contributed by atoms with Crippen molar-refractivity contribution in [3.63, 3.8) is 0 Å². The van der Waals surface area contributed by atoms with E-state index in [4.69, 9.17) is 16.3 Å². The van der Waals surface area contributed by atoms with Crippen LogP contribution in [0.5, 0.6) is 5.75 Å². The predicted molar refractivity (Wildman–Crippen MR) is 96.0 cm³/mol. The van der Waals surface area contributed by atoms with E-state index in [-0.39, 0.29) is 0 Å². The molecule has 0 heterocycles. The smallest absolute Gasteiger partial charge is 0.298 e. The molecule has 0 atom stereocenters. The van der Waals surface area contributed by atoms with Crippen molar-refractivity contribution in [2.45, 2.75) is 45.4 Å². The Morgan fingerprint density at radius 2 is 1.65 bits per heavy atom. The second-order valence-electron chi connectivity index (χ2n) is 5.72. The van der Waals surface area contributed by atoms with Gasteiger partial charge in [0.15, 0.2) is 0 Å². The average molecular weight is 331 g/mol. The van der Waals surface area contributed by atoms with Crippen molar-refractivity contribution in [1.29, 1.82) is 0 Å². The highest BCUT2D eigenvalue weighted by atomic mass is 35.5. The normalized spacial score (nSPS) is 10.5. The number of ether oxygens (including phenoxy) is 1. The second-order valence-corrected chi connectivity index (χ2v) is 6.13. The van der Waals surface area contributed by atoms with Gasteiger partial charge in [0.1, 0.15) is 5.75 Å². The number of hydrogen-bond donors (Lipinski definition) is 0. The number of aryl methyl sites for hydroxylation is 1. The summed E-state index contributed by atoms with van der Waals surface area (Å²) in [7, 11) is 0. The number of hydrogen-bond acceptors (Lipinski definition) is 2. The van der Waals surface area contributed by atoms with Gasteiger partial charge in [-0.25, -0.2) is 0 Å². The Kier molecular flexibility index (Phi) is 7.15. The van der Waals surface area contributed by atoms with E-state index in [9.17, 15) is 4.79 Å². The first-order valence-corrected chi connectivity index (χ1v) is 8.61. The Hall–Kier alpha value is -1.80. The van der Waals surface area contributed by atoms with Crippen LogP contribution < -0.4 is 4.74 Å². The fraction of sp³-hybridized carbons (Fsp3) is 0.350. The fourth-order valence-corrected chi connectivity index (χ4v) is 2.85. The minimum Gasteiger partial charge on any atom is -0.427 e. The van der Waals surface area contributed by atoms with Crippen LogP contribution >= 0.6 is 11.6 Å². The summed E-state index contributed by atoms with van der Waals surface area (Å²) >= 11 is 6.12. The third kappa shape index (κ3) is 5.40. The van der Waals surface area contributed by atoms with Crippen LogP contribution in [0.2, 0.25) is 5.02 Å². The third-order valence-corrected chi connectivity index (χ3v) is 4.26. The van der Waals surface area contributed by atoms with E-state index in [1.54, 1.807) is 6.07 Å². The summed E-state index contributed by atoms with van der Waals surface area (Å²) < 4.78 is 4.81. The van der Waals surface area contributed by atoms with Gasteiger partial charge in [-0.15, -0.1) is 0 Å². The first-order chi connectivity index (χ1) is 11.2. The van der Waals surface area contributed by atoms with E-state index in [1.807, 2.05) is 12.1 Å². The van der Waals surface area contributed by atoms with Crippen molar-refractivity contribution >= 4 is 18.1 Å². The molecule has 122 valence electrons. The van der Waals surface area contributed by atoms with Gasteiger partial charge in [-0.05, 0) is 41.7 Å². The lowest BCUT2D eigenvalue weighted by Gasteiger charge is -2.07. The van der Waals surface area contributed by atoms with Crippen molar-refractivity contribution in [2.24, 2.45) is 0 Å². The Morgan fingerprint density at radius 1 is 0.957 bits per heavy atom. The highest BCUT2D eigenvalue weighted by molar-refractivity contribution is 6.32. The minimum atomic E-state index is 0.383. The van der Waals surface area contributed by atoms with Crippen molar-refractivity contribution in [3.05, 3.63) is 53.1 Å². The molecule has 0 amide bonds. The molecule has 0 saturated heterocycles. The molecular formula is C20H23ClO2. The molecule has 0 bridgehead atoms. The van der Waals surface area contributed by atoms with Gasteiger partial charge in [0.05, 0.1) is 5.02 Å². The molecule has 0 unspecified atom stereocenters.